The van der Waals surface area contributed by atoms with Gasteiger partial charge in [-0.2, -0.15) is 0 Å². The lowest BCUT2D eigenvalue weighted by atomic mass is 10.4. The van der Waals surface area contributed by atoms with Gasteiger partial charge in [0.2, 0.25) is 6.41 Å². The van der Waals surface area contributed by atoms with Gasteiger partial charge in [-0.15, -0.1) is 45.3 Å². The molecule has 0 unspecified atom stereocenters. The van der Waals surface area contributed by atoms with E-state index in [4.69, 9.17) is 22.1 Å². The summed E-state index contributed by atoms with van der Waals surface area (Å²) in [5, 5.41) is 4.71. The summed E-state index contributed by atoms with van der Waals surface area (Å²) in [5.41, 5.74) is 12.3. The molecule has 7 rings (SSSR count). The number of nitrogen functional groups attached to an aromatic ring is 1. The highest BCUT2D eigenvalue weighted by Gasteiger charge is 2.10. The highest BCUT2D eigenvalue weighted by atomic mass is 80.9. The lowest BCUT2D eigenvalue weighted by Gasteiger charge is -1.94. The molecule has 0 saturated carbocycles. The van der Waals surface area contributed by atoms with Crippen LogP contribution in [0.15, 0.2) is 71.2 Å². The van der Waals surface area contributed by atoms with Gasteiger partial charge >= 0.3 is 11.2 Å². The predicted octanol–water partition coefficient (Wildman–Crippen LogP) is 10.6. The molecular formula is C25H19Br4Cl4N8O6PS4. The molecular weight excluding hydrogens is 1130 g/mol. The first-order chi connectivity index (χ1) is 24.6. The number of aromatic amines is 2. The Morgan fingerprint density at radius 3 is 1.85 bits per heavy atom. The van der Waals surface area contributed by atoms with Crippen LogP contribution in [0.2, 0.25) is 5.15 Å². The van der Waals surface area contributed by atoms with Gasteiger partial charge in [0.1, 0.15) is 36.8 Å². The Labute approximate surface area is 360 Å². The number of ether oxygens (including phenoxy) is 1. The number of esters is 1. The maximum Gasteiger partial charge on any atom is 0.350 e. The van der Waals surface area contributed by atoms with Gasteiger partial charge in [0, 0.05) is 39.0 Å². The molecule has 0 aliphatic carbocycles. The molecule has 0 fully saturated rings. The summed E-state index contributed by atoms with van der Waals surface area (Å²) in [6.07, 6.45) is 4.53. The van der Waals surface area contributed by atoms with E-state index in [2.05, 4.69) is 134 Å². The van der Waals surface area contributed by atoms with Gasteiger partial charge in [0.15, 0.2) is 0 Å². The zero-order chi connectivity index (χ0) is 39.4. The van der Waals surface area contributed by atoms with Crippen molar-refractivity contribution in [3.05, 3.63) is 92.3 Å². The number of rotatable bonds is 1. The van der Waals surface area contributed by atoms with Crippen LogP contribution in [0.3, 0.4) is 0 Å². The third-order valence-electron chi connectivity index (χ3n) is 4.90. The number of anilines is 1. The number of nitrogens with zero attached hydrogens (tertiary/aromatic N) is 4. The number of thiophene rings is 4. The summed E-state index contributed by atoms with van der Waals surface area (Å²) in [7, 11) is 1.33. The number of aromatic nitrogens is 6. The monoisotopic (exact) mass is 1140 g/mol. The molecule has 280 valence electrons. The summed E-state index contributed by atoms with van der Waals surface area (Å²) in [5.74, 6) is -0.368. The van der Waals surface area contributed by atoms with E-state index in [1.165, 1.54) is 71.4 Å². The fourth-order valence-corrected chi connectivity index (χ4v) is 7.70. The minimum Gasteiger partial charge on any atom is -0.465 e. The SMILES string of the molecule is BrBr.COC(=O)c1sccc1N.Clc1ncnc2c(Br)csc12.NC=O.O=P(Cl)(Cl)Cl.O=c1[nH]cnc2c(Br)csc12.O=c1[nH]cnc2ccsc12. The van der Waals surface area contributed by atoms with E-state index >= 15 is 0 Å². The average molecular weight is 1150 g/mol. The zero-order valence-corrected chi connectivity index (χ0v) is 38.8. The number of fused-ring (bicyclic) bond motifs is 3. The lowest BCUT2D eigenvalue weighted by molar-refractivity contribution is -0.106. The van der Waals surface area contributed by atoms with E-state index in [1.54, 1.807) is 11.4 Å². The molecule has 6 N–H and O–H groups in total. The van der Waals surface area contributed by atoms with Crippen LogP contribution in [-0.4, -0.2) is 49.4 Å². The molecule has 0 bridgehead atoms. The summed E-state index contributed by atoms with van der Waals surface area (Å²) in [6, 6.07) is 3.51. The largest absolute Gasteiger partial charge is 0.465 e. The molecule has 27 heteroatoms. The van der Waals surface area contributed by atoms with Gasteiger partial charge in [-0.05, 0) is 88.5 Å². The maximum atomic E-state index is 11.1. The van der Waals surface area contributed by atoms with Crippen molar-refractivity contribution >= 4 is 205 Å². The standard InChI is InChI=1S/C6H2BrClN2S.C6H3BrN2OS.C6H4N2OS.C6H7NO2S.CH3NO.Br2.Cl3OP/c7-3-1-11-5-4(3)9-2-10-6(5)8;7-3-1-11-5-4(3)8-2-9-6(5)10;9-6-5-4(1-2-10-5)7-3-8-6;1-9-6(8)5-4(7)2-3-10-5;2-1-3;1-2;1-5(2,3)4/h1-2H;1-2H,(H,8,9,10);1-3H,(H,7,8,9);2-3H,7H2,1H3;1H,(H2,2,3);;. The van der Waals surface area contributed by atoms with Gasteiger partial charge in [0.25, 0.3) is 11.1 Å². The van der Waals surface area contributed by atoms with Crippen LogP contribution >= 0.6 is 156 Å². The van der Waals surface area contributed by atoms with Crippen LogP contribution in [0.5, 0.6) is 0 Å². The van der Waals surface area contributed by atoms with Crippen molar-refractivity contribution in [1.29, 1.82) is 0 Å². The number of carbonyl (C=O) groups excluding carboxylic acids is 2. The average Bonchev–Trinajstić information content (AvgIpc) is 3.92. The number of nitrogens with one attached hydrogen (secondary N) is 2. The molecule has 0 atom stereocenters. The van der Waals surface area contributed by atoms with E-state index in [1.807, 2.05) is 22.2 Å². The molecule has 0 aliphatic rings. The topological polar surface area (TPSA) is 230 Å². The van der Waals surface area contributed by atoms with Crippen molar-refractivity contribution in [2.45, 2.75) is 0 Å². The van der Waals surface area contributed by atoms with E-state index in [-0.39, 0.29) is 23.5 Å². The van der Waals surface area contributed by atoms with Crippen molar-refractivity contribution in [3.8, 4) is 0 Å². The van der Waals surface area contributed by atoms with Crippen LogP contribution < -0.4 is 22.6 Å². The Kier molecular flexibility index (Phi) is 23.8. The first-order valence-electron chi connectivity index (χ1n) is 12.6. The van der Waals surface area contributed by atoms with Gasteiger partial charge in [0.05, 0.1) is 44.6 Å². The van der Waals surface area contributed by atoms with Crippen LogP contribution in [0, 0.1) is 0 Å². The summed E-state index contributed by atoms with van der Waals surface area (Å²) in [6.45, 7) is 0. The summed E-state index contributed by atoms with van der Waals surface area (Å²) >= 11 is 37.4. The van der Waals surface area contributed by atoms with Gasteiger partial charge in [-0.25, -0.2) is 24.7 Å². The van der Waals surface area contributed by atoms with Gasteiger partial charge < -0.3 is 26.2 Å². The van der Waals surface area contributed by atoms with Crippen molar-refractivity contribution in [2.75, 3.05) is 12.8 Å². The van der Waals surface area contributed by atoms with Crippen molar-refractivity contribution in [2.24, 2.45) is 5.73 Å². The number of methoxy groups -OCH3 is 1. The zero-order valence-electron chi connectivity index (χ0n) is 25.3. The Balaban J connectivity index is 0.000000320. The van der Waals surface area contributed by atoms with Crippen LogP contribution in [-0.2, 0) is 14.1 Å². The fraction of sp³-hybridized carbons (Fsp3) is 0.0400. The number of primary amides is 1. The minimum atomic E-state index is -3.22. The molecule has 7 aromatic rings. The Morgan fingerprint density at radius 2 is 1.37 bits per heavy atom. The van der Waals surface area contributed by atoms with Crippen LogP contribution in [0.1, 0.15) is 9.67 Å². The molecule has 7 aromatic heterocycles. The van der Waals surface area contributed by atoms with Crippen molar-refractivity contribution < 1.29 is 18.9 Å². The second kappa shape index (κ2) is 25.5. The third-order valence-corrected chi connectivity index (χ3v) is 10.9. The second-order valence-corrected chi connectivity index (χ2v) is 20.3. The maximum absolute atomic E-state index is 11.1. The second-order valence-electron chi connectivity index (χ2n) is 8.02. The quantitative estimate of drug-likeness (QED) is 0.0523. The Hall–Kier alpha value is -1.53. The number of carbonyl (C=O) groups is 2. The van der Waals surface area contributed by atoms with E-state index < -0.39 is 5.20 Å². The lowest BCUT2D eigenvalue weighted by Crippen LogP contribution is -2.03. The highest BCUT2D eigenvalue weighted by Crippen LogP contribution is 2.61. The van der Waals surface area contributed by atoms with E-state index in [9.17, 15) is 18.9 Å². The van der Waals surface area contributed by atoms with Gasteiger partial charge in [-0.1, -0.05) is 11.6 Å². The first kappa shape index (κ1) is 48.5. The number of hydrogen-bond donors (Lipinski definition) is 4. The van der Waals surface area contributed by atoms with Crippen molar-refractivity contribution in [1.82, 2.24) is 29.9 Å². The number of nitrogens with two attached hydrogens (primary N) is 2. The number of halogens is 8. The summed E-state index contributed by atoms with van der Waals surface area (Å²) in [4.78, 5) is 62.8. The minimum absolute atomic E-state index is 0.0556. The molecule has 0 aliphatic heterocycles. The highest BCUT2D eigenvalue weighted by molar-refractivity contribution is 9.93. The van der Waals surface area contributed by atoms with Gasteiger partial charge in [-0.3, -0.25) is 18.9 Å². The molecule has 0 spiro atoms. The van der Waals surface area contributed by atoms with Crippen LogP contribution in [0.4, 0.5) is 5.69 Å². The normalized spacial score (nSPS) is 9.79. The molecule has 14 nitrogen and oxygen atoms in total. The van der Waals surface area contributed by atoms with Crippen LogP contribution in [0.25, 0.3) is 30.6 Å². The number of amides is 1. The molecule has 0 radical (unpaired) electrons. The van der Waals surface area contributed by atoms with E-state index in [0.717, 1.165) is 30.2 Å². The Morgan fingerprint density at radius 1 is 0.865 bits per heavy atom. The summed E-state index contributed by atoms with van der Waals surface area (Å²) < 4.78 is 18.1. The molecule has 52 heavy (non-hydrogen) atoms. The third kappa shape index (κ3) is 16.9. The molecule has 7 heterocycles. The smallest absolute Gasteiger partial charge is 0.350 e. The van der Waals surface area contributed by atoms with E-state index in [0.29, 0.717) is 25.1 Å². The Bertz CT molecular complexity index is 2330. The first-order valence-corrected chi connectivity index (χ1v) is 26.2. The number of hydrogen-bond acceptors (Lipinski definition) is 15. The van der Waals surface area contributed by atoms with Crippen molar-refractivity contribution in [3.63, 3.8) is 0 Å². The molecule has 0 saturated heterocycles. The predicted molar refractivity (Wildman–Crippen MR) is 232 cm³/mol. The fourth-order valence-electron chi connectivity index (χ4n) is 3.00. The molecule has 0 aromatic carbocycles. The molecule has 1 amide bonds. The number of H-pyrrole nitrogens is 2.